The lowest BCUT2D eigenvalue weighted by Crippen LogP contribution is -2.44. The summed E-state index contributed by atoms with van der Waals surface area (Å²) < 4.78 is 5.78. The van der Waals surface area contributed by atoms with Crippen molar-refractivity contribution in [3.8, 4) is 0 Å². The second kappa shape index (κ2) is 6.73. The van der Waals surface area contributed by atoms with Gasteiger partial charge in [-0.15, -0.1) is 0 Å². The van der Waals surface area contributed by atoms with Gasteiger partial charge in [0.25, 0.3) is 0 Å². The van der Waals surface area contributed by atoms with Crippen molar-refractivity contribution in [1.29, 1.82) is 0 Å². The predicted molar refractivity (Wildman–Crippen MR) is 83.0 cm³/mol. The first-order valence-corrected chi connectivity index (χ1v) is 8.25. The van der Waals surface area contributed by atoms with E-state index in [-0.39, 0.29) is 0 Å². The second-order valence-corrected chi connectivity index (χ2v) is 6.47. The largest absolute Gasteiger partial charge is 0.377 e. The Morgan fingerprint density at radius 1 is 1.05 bits per heavy atom. The van der Waals surface area contributed by atoms with E-state index in [9.17, 15) is 0 Å². The predicted octanol–water partition coefficient (Wildman–Crippen LogP) is 3.87. The van der Waals surface area contributed by atoms with Crippen LogP contribution >= 0.6 is 0 Å². The minimum absolute atomic E-state index is 0.446. The van der Waals surface area contributed by atoms with Gasteiger partial charge in [0, 0.05) is 18.7 Å². The highest BCUT2D eigenvalue weighted by atomic mass is 16.5. The van der Waals surface area contributed by atoms with E-state index in [0.717, 1.165) is 12.5 Å². The maximum Gasteiger partial charge on any atom is 0.0726 e. The van der Waals surface area contributed by atoms with E-state index in [2.05, 4.69) is 42.6 Å². The molecule has 1 aromatic carbocycles. The summed E-state index contributed by atoms with van der Waals surface area (Å²) in [6, 6.07) is 12.2. The van der Waals surface area contributed by atoms with E-state index in [4.69, 9.17) is 4.74 Å². The number of rotatable bonds is 4. The maximum atomic E-state index is 5.78. The molecule has 110 valence electrons. The Morgan fingerprint density at radius 2 is 1.80 bits per heavy atom. The molecule has 0 spiro atoms. The Labute approximate surface area is 122 Å². The van der Waals surface area contributed by atoms with Crippen LogP contribution in [0.3, 0.4) is 0 Å². The van der Waals surface area contributed by atoms with Gasteiger partial charge in [0.1, 0.15) is 0 Å². The van der Waals surface area contributed by atoms with Gasteiger partial charge >= 0.3 is 0 Å². The van der Waals surface area contributed by atoms with Crippen LogP contribution in [0, 0.1) is 0 Å². The summed E-state index contributed by atoms with van der Waals surface area (Å²) in [5.74, 6) is 0.771. The van der Waals surface area contributed by atoms with Gasteiger partial charge in [0.05, 0.1) is 6.10 Å². The summed E-state index contributed by atoms with van der Waals surface area (Å²) in [7, 11) is 0. The average molecular weight is 273 g/mol. The molecule has 1 saturated heterocycles. The van der Waals surface area contributed by atoms with Crippen LogP contribution in [0.4, 0.5) is 0 Å². The fourth-order valence-electron chi connectivity index (χ4n) is 3.79. The normalized spacial score (nSPS) is 32.1. The third-order valence-corrected chi connectivity index (χ3v) is 5.02. The molecule has 2 nitrogen and oxygen atoms in total. The first kappa shape index (κ1) is 14.1. The summed E-state index contributed by atoms with van der Waals surface area (Å²) in [6.07, 6.45) is 8.15. The quantitative estimate of drug-likeness (QED) is 0.899. The van der Waals surface area contributed by atoms with Crippen LogP contribution in [0.5, 0.6) is 0 Å². The molecule has 2 unspecified atom stereocenters. The first-order valence-electron chi connectivity index (χ1n) is 8.25. The van der Waals surface area contributed by atoms with Crippen LogP contribution < -0.4 is 5.32 Å². The molecule has 1 aliphatic carbocycles. The smallest absolute Gasteiger partial charge is 0.0726 e. The van der Waals surface area contributed by atoms with Gasteiger partial charge in [-0.25, -0.2) is 0 Å². The van der Waals surface area contributed by atoms with Crippen molar-refractivity contribution in [3.05, 3.63) is 35.9 Å². The second-order valence-electron chi connectivity index (χ2n) is 6.47. The minimum Gasteiger partial charge on any atom is -0.377 e. The standard InChI is InChI=1S/C18H27NO/c1-14(18-8-5-13-20-18)19-17-11-9-16(10-12-17)15-6-3-2-4-7-15/h2-4,6-7,14,16-19H,5,8-13H2,1H3. The van der Waals surface area contributed by atoms with E-state index in [0.29, 0.717) is 18.2 Å². The fraction of sp³-hybridized carbons (Fsp3) is 0.667. The van der Waals surface area contributed by atoms with Gasteiger partial charge < -0.3 is 10.1 Å². The van der Waals surface area contributed by atoms with Gasteiger partial charge in [0.15, 0.2) is 0 Å². The molecule has 1 aliphatic heterocycles. The summed E-state index contributed by atoms with van der Waals surface area (Å²) in [5, 5.41) is 3.81. The summed E-state index contributed by atoms with van der Waals surface area (Å²) >= 11 is 0. The molecular formula is C18H27NO. The molecule has 2 heteroatoms. The van der Waals surface area contributed by atoms with E-state index in [1.165, 1.54) is 44.1 Å². The Morgan fingerprint density at radius 3 is 2.45 bits per heavy atom. The Hall–Kier alpha value is -0.860. The molecule has 0 amide bonds. The van der Waals surface area contributed by atoms with Gasteiger partial charge in [-0.05, 0) is 56.9 Å². The van der Waals surface area contributed by atoms with Crippen molar-refractivity contribution in [2.45, 2.75) is 69.6 Å². The van der Waals surface area contributed by atoms with Gasteiger partial charge in [0.2, 0.25) is 0 Å². The number of hydrogen-bond donors (Lipinski definition) is 1. The van der Waals surface area contributed by atoms with Gasteiger partial charge in [-0.1, -0.05) is 30.3 Å². The molecule has 2 fully saturated rings. The van der Waals surface area contributed by atoms with Crippen molar-refractivity contribution >= 4 is 0 Å². The van der Waals surface area contributed by atoms with E-state index in [1.807, 2.05) is 0 Å². The lowest BCUT2D eigenvalue weighted by Gasteiger charge is -2.33. The third-order valence-electron chi connectivity index (χ3n) is 5.02. The van der Waals surface area contributed by atoms with Crippen molar-refractivity contribution in [3.63, 3.8) is 0 Å². The Balaban J connectivity index is 1.46. The maximum absolute atomic E-state index is 5.78. The number of hydrogen-bond acceptors (Lipinski definition) is 2. The topological polar surface area (TPSA) is 21.3 Å². The molecule has 1 aromatic rings. The third kappa shape index (κ3) is 3.42. The Bertz CT molecular complexity index is 391. The highest BCUT2D eigenvalue weighted by molar-refractivity contribution is 5.20. The van der Waals surface area contributed by atoms with Crippen LogP contribution in [-0.4, -0.2) is 24.8 Å². The number of benzene rings is 1. The van der Waals surface area contributed by atoms with Gasteiger partial charge in [-0.2, -0.15) is 0 Å². The zero-order valence-electron chi connectivity index (χ0n) is 12.6. The van der Waals surface area contributed by atoms with Crippen molar-refractivity contribution < 1.29 is 4.74 Å². The van der Waals surface area contributed by atoms with Crippen LogP contribution in [0.15, 0.2) is 30.3 Å². The monoisotopic (exact) mass is 273 g/mol. The van der Waals surface area contributed by atoms with Crippen molar-refractivity contribution in [1.82, 2.24) is 5.32 Å². The molecule has 1 heterocycles. The molecule has 0 aromatic heterocycles. The van der Waals surface area contributed by atoms with Crippen molar-refractivity contribution in [2.75, 3.05) is 6.61 Å². The minimum atomic E-state index is 0.446. The summed E-state index contributed by atoms with van der Waals surface area (Å²) in [6.45, 7) is 3.25. The van der Waals surface area contributed by atoms with E-state index in [1.54, 1.807) is 0 Å². The lowest BCUT2D eigenvalue weighted by atomic mass is 9.81. The molecule has 1 saturated carbocycles. The first-order chi connectivity index (χ1) is 9.83. The molecule has 20 heavy (non-hydrogen) atoms. The Kier molecular flexibility index (Phi) is 4.74. The van der Waals surface area contributed by atoms with Gasteiger partial charge in [-0.3, -0.25) is 0 Å². The average Bonchev–Trinajstić information content (AvgIpc) is 3.03. The molecule has 2 atom stereocenters. The molecule has 3 rings (SSSR count). The molecule has 1 N–H and O–H groups in total. The van der Waals surface area contributed by atoms with Crippen LogP contribution in [0.1, 0.15) is 56.9 Å². The molecular weight excluding hydrogens is 246 g/mol. The van der Waals surface area contributed by atoms with Crippen LogP contribution in [-0.2, 0) is 4.74 Å². The summed E-state index contributed by atoms with van der Waals surface area (Å²) in [5.41, 5.74) is 1.53. The molecule has 2 aliphatic rings. The van der Waals surface area contributed by atoms with Crippen molar-refractivity contribution in [2.24, 2.45) is 0 Å². The van der Waals surface area contributed by atoms with Crippen LogP contribution in [0.25, 0.3) is 0 Å². The summed E-state index contributed by atoms with van der Waals surface area (Å²) in [4.78, 5) is 0. The van der Waals surface area contributed by atoms with E-state index < -0.39 is 0 Å². The fourth-order valence-corrected chi connectivity index (χ4v) is 3.79. The zero-order chi connectivity index (χ0) is 13.8. The molecule has 0 radical (unpaired) electrons. The highest BCUT2D eigenvalue weighted by Gasteiger charge is 2.27. The van der Waals surface area contributed by atoms with Crippen LogP contribution in [0.2, 0.25) is 0 Å². The number of nitrogens with one attached hydrogen (secondary N) is 1. The van der Waals surface area contributed by atoms with E-state index >= 15 is 0 Å². The lowest BCUT2D eigenvalue weighted by molar-refractivity contribution is 0.0771. The number of ether oxygens (including phenoxy) is 1. The zero-order valence-corrected chi connectivity index (χ0v) is 12.6. The SMILES string of the molecule is CC(NC1CCC(c2ccccc2)CC1)C1CCCO1. The highest BCUT2D eigenvalue weighted by Crippen LogP contribution is 2.33. The molecule has 0 bridgehead atoms.